The molecule has 0 spiro atoms. The molecule has 0 fully saturated rings. The summed E-state index contributed by atoms with van der Waals surface area (Å²) in [6, 6.07) is 8.38. The molecule has 26 heavy (non-hydrogen) atoms. The summed E-state index contributed by atoms with van der Waals surface area (Å²) in [6.07, 6.45) is 14.6. The second kappa shape index (κ2) is 11.2. The summed E-state index contributed by atoms with van der Waals surface area (Å²) in [4.78, 5) is 20.1. The molecule has 1 aromatic heterocycles. The van der Waals surface area contributed by atoms with E-state index in [0.717, 1.165) is 18.4 Å². The summed E-state index contributed by atoms with van der Waals surface area (Å²) in [5.74, 6) is 0.568. The van der Waals surface area contributed by atoms with Crippen LogP contribution in [0.4, 0.5) is 0 Å². The SMILES string of the molecule is CC/C=C/C(=O)Oc1cnc(-c2ccc(CCCCCCC)cc2)nc1. The number of aromatic nitrogens is 2. The van der Waals surface area contributed by atoms with Gasteiger partial charge >= 0.3 is 5.97 Å². The van der Waals surface area contributed by atoms with Crippen molar-refractivity contribution in [3.8, 4) is 17.1 Å². The Labute approximate surface area is 156 Å². The van der Waals surface area contributed by atoms with Crippen LogP contribution in [0.3, 0.4) is 0 Å². The Balaban J connectivity index is 1.88. The number of nitrogens with zero attached hydrogens (tertiary/aromatic N) is 2. The van der Waals surface area contributed by atoms with Crippen LogP contribution in [-0.4, -0.2) is 15.9 Å². The van der Waals surface area contributed by atoms with Crippen LogP contribution < -0.4 is 4.74 Å². The molecule has 0 atom stereocenters. The molecule has 1 aromatic carbocycles. The highest BCUT2D eigenvalue weighted by molar-refractivity contribution is 5.83. The zero-order chi connectivity index (χ0) is 18.6. The molecule has 4 heteroatoms. The minimum Gasteiger partial charge on any atom is -0.420 e. The number of hydrogen-bond donors (Lipinski definition) is 0. The predicted molar refractivity (Wildman–Crippen MR) is 105 cm³/mol. The minimum absolute atomic E-state index is 0.350. The summed E-state index contributed by atoms with van der Waals surface area (Å²) in [6.45, 7) is 4.19. The molecule has 0 saturated carbocycles. The van der Waals surface area contributed by atoms with Gasteiger partial charge in [0.15, 0.2) is 11.6 Å². The van der Waals surface area contributed by atoms with Gasteiger partial charge < -0.3 is 4.74 Å². The number of benzene rings is 1. The van der Waals surface area contributed by atoms with Gasteiger partial charge in [0, 0.05) is 11.6 Å². The van der Waals surface area contributed by atoms with Crippen LogP contribution in [0.1, 0.15) is 57.9 Å². The smallest absolute Gasteiger partial charge is 0.335 e. The number of carbonyl (C=O) groups excluding carboxylic acids is 1. The molecule has 2 aromatic rings. The van der Waals surface area contributed by atoms with E-state index in [1.807, 2.05) is 19.1 Å². The Bertz CT molecular complexity index is 691. The van der Waals surface area contributed by atoms with Gasteiger partial charge in [0.1, 0.15) is 0 Å². The van der Waals surface area contributed by atoms with E-state index >= 15 is 0 Å². The van der Waals surface area contributed by atoms with E-state index in [2.05, 4.69) is 29.0 Å². The predicted octanol–water partition coefficient (Wildman–Crippen LogP) is 5.53. The van der Waals surface area contributed by atoms with Crippen LogP contribution in [0, 0.1) is 0 Å². The first kappa shape index (κ1) is 19.8. The van der Waals surface area contributed by atoms with Gasteiger partial charge in [-0.3, -0.25) is 0 Å². The van der Waals surface area contributed by atoms with Crippen molar-refractivity contribution in [2.75, 3.05) is 0 Å². The first-order chi connectivity index (χ1) is 12.7. The third-order valence-corrected chi connectivity index (χ3v) is 4.12. The third kappa shape index (κ3) is 6.79. The van der Waals surface area contributed by atoms with E-state index in [9.17, 15) is 4.79 Å². The summed E-state index contributed by atoms with van der Waals surface area (Å²) >= 11 is 0. The zero-order valence-electron chi connectivity index (χ0n) is 15.8. The van der Waals surface area contributed by atoms with E-state index in [0.29, 0.717) is 11.6 Å². The number of ether oxygens (including phenoxy) is 1. The Hall–Kier alpha value is -2.49. The van der Waals surface area contributed by atoms with Gasteiger partial charge in [0.05, 0.1) is 12.4 Å². The van der Waals surface area contributed by atoms with Crippen molar-refractivity contribution in [1.29, 1.82) is 0 Å². The van der Waals surface area contributed by atoms with Crippen molar-refractivity contribution in [3.05, 3.63) is 54.4 Å². The summed E-state index contributed by atoms with van der Waals surface area (Å²) < 4.78 is 5.15. The Morgan fingerprint density at radius 2 is 1.69 bits per heavy atom. The highest BCUT2D eigenvalue weighted by Crippen LogP contribution is 2.18. The average Bonchev–Trinajstić information content (AvgIpc) is 2.67. The number of rotatable bonds is 10. The molecular weight excluding hydrogens is 324 g/mol. The first-order valence-corrected chi connectivity index (χ1v) is 9.52. The van der Waals surface area contributed by atoms with Gasteiger partial charge in [-0.2, -0.15) is 0 Å². The molecule has 2 rings (SSSR count). The maximum atomic E-state index is 11.5. The highest BCUT2D eigenvalue weighted by atomic mass is 16.5. The quantitative estimate of drug-likeness (QED) is 0.320. The van der Waals surface area contributed by atoms with Gasteiger partial charge in [0.25, 0.3) is 0 Å². The number of allylic oxidation sites excluding steroid dienone is 1. The fourth-order valence-corrected chi connectivity index (χ4v) is 2.64. The second-order valence-electron chi connectivity index (χ2n) is 6.34. The van der Waals surface area contributed by atoms with E-state index < -0.39 is 5.97 Å². The Morgan fingerprint density at radius 3 is 2.35 bits per heavy atom. The summed E-state index contributed by atoms with van der Waals surface area (Å²) in [5.41, 5.74) is 2.31. The van der Waals surface area contributed by atoms with Crippen molar-refractivity contribution in [3.63, 3.8) is 0 Å². The van der Waals surface area contributed by atoms with Crippen molar-refractivity contribution >= 4 is 5.97 Å². The Morgan fingerprint density at radius 1 is 1.00 bits per heavy atom. The molecule has 4 nitrogen and oxygen atoms in total. The normalized spacial score (nSPS) is 11.0. The maximum Gasteiger partial charge on any atom is 0.335 e. The number of carbonyl (C=O) groups is 1. The molecule has 0 aliphatic rings. The van der Waals surface area contributed by atoms with Crippen molar-refractivity contribution in [1.82, 2.24) is 9.97 Å². The lowest BCUT2D eigenvalue weighted by Gasteiger charge is -2.05. The van der Waals surface area contributed by atoms with E-state index in [4.69, 9.17) is 4.74 Å². The maximum absolute atomic E-state index is 11.5. The third-order valence-electron chi connectivity index (χ3n) is 4.12. The molecular formula is C22H28N2O2. The van der Waals surface area contributed by atoms with Gasteiger partial charge in [-0.1, -0.05) is 69.9 Å². The largest absolute Gasteiger partial charge is 0.420 e. The lowest BCUT2D eigenvalue weighted by atomic mass is 10.0. The van der Waals surface area contributed by atoms with Gasteiger partial charge in [-0.05, 0) is 24.8 Å². The molecule has 0 unspecified atom stereocenters. The van der Waals surface area contributed by atoms with Crippen LogP contribution in [0.2, 0.25) is 0 Å². The molecule has 0 aliphatic carbocycles. The minimum atomic E-state index is -0.411. The summed E-state index contributed by atoms with van der Waals surface area (Å²) in [5, 5.41) is 0. The summed E-state index contributed by atoms with van der Waals surface area (Å²) in [7, 11) is 0. The fraction of sp³-hybridized carbons (Fsp3) is 0.409. The fourth-order valence-electron chi connectivity index (χ4n) is 2.64. The van der Waals surface area contributed by atoms with Crippen molar-refractivity contribution in [2.24, 2.45) is 0 Å². The van der Waals surface area contributed by atoms with Gasteiger partial charge in [-0.25, -0.2) is 14.8 Å². The van der Waals surface area contributed by atoms with Crippen LogP contribution in [-0.2, 0) is 11.2 Å². The van der Waals surface area contributed by atoms with Crippen LogP contribution in [0.15, 0.2) is 48.8 Å². The number of esters is 1. The second-order valence-corrected chi connectivity index (χ2v) is 6.34. The van der Waals surface area contributed by atoms with Crippen molar-refractivity contribution < 1.29 is 9.53 Å². The lowest BCUT2D eigenvalue weighted by Crippen LogP contribution is -2.04. The zero-order valence-corrected chi connectivity index (χ0v) is 15.8. The standard InChI is InChI=1S/C22H28N2O2/c1-3-5-7-8-9-10-18-12-14-19(15-13-18)22-23-16-20(17-24-22)26-21(25)11-6-4-2/h6,11-17H,3-5,7-10H2,1-2H3/b11-6+. The molecule has 0 aliphatic heterocycles. The molecule has 0 radical (unpaired) electrons. The highest BCUT2D eigenvalue weighted by Gasteiger charge is 2.05. The van der Waals surface area contributed by atoms with E-state index in [1.165, 1.54) is 56.1 Å². The van der Waals surface area contributed by atoms with Crippen LogP contribution in [0.5, 0.6) is 5.75 Å². The molecule has 1 heterocycles. The first-order valence-electron chi connectivity index (χ1n) is 9.52. The number of unbranched alkanes of at least 4 members (excludes halogenated alkanes) is 4. The monoisotopic (exact) mass is 352 g/mol. The number of hydrogen-bond acceptors (Lipinski definition) is 4. The lowest BCUT2D eigenvalue weighted by molar-refractivity contribution is -0.129. The van der Waals surface area contributed by atoms with Gasteiger partial charge in [0.2, 0.25) is 0 Å². The molecule has 0 amide bonds. The topological polar surface area (TPSA) is 52.1 Å². The average molecular weight is 352 g/mol. The van der Waals surface area contributed by atoms with E-state index in [1.54, 1.807) is 6.08 Å². The molecule has 138 valence electrons. The molecule has 0 N–H and O–H groups in total. The molecule has 0 saturated heterocycles. The van der Waals surface area contributed by atoms with Crippen molar-refractivity contribution in [2.45, 2.75) is 58.8 Å². The van der Waals surface area contributed by atoms with Crippen LogP contribution in [0.25, 0.3) is 11.4 Å². The number of aryl methyl sites for hydroxylation is 1. The van der Waals surface area contributed by atoms with Gasteiger partial charge in [-0.15, -0.1) is 0 Å². The Kier molecular flexibility index (Phi) is 8.53. The van der Waals surface area contributed by atoms with Crippen LogP contribution >= 0.6 is 0 Å². The molecule has 0 bridgehead atoms. The van der Waals surface area contributed by atoms with E-state index in [-0.39, 0.29) is 0 Å².